The fourth-order valence-electron chi connectivity index (χ4n) is 2.85. The van der Waals surface area contributed by atoms with Crippen LogP contribution in [0.1, 0.15) is 23.2 Å². The van der Waals surface area contributed by atoms with E-state index >= 15 is 0 Å². The summed E-state index contributed by atoms with van der Waals surface area (Å²) >= 11 is 5.91. The van der Waals surface area contributed by atoms with E-state index in [9.17, 15) is 9.59 Å². The van der Waals surface area contributed by atoms with Crippen LogP contribution in [0.2, 0.25) is 5.02 Å². The Hall–Kier alpha value is -1.79. The number of halogens is 1. The number of nitrogens with two attached hydrogens (primary N) is 1. The first-order chi connectivity index (χ1) is 11.1. The molecule has 1 saturated carbocycles. The molecule has 1 atom stereocenters. The van der Waals surface area contributed by atoms with Crippen LogP contribution in [0.4, 0.5) is 0 Å². The maximum Gasteiger partial charge on any atom is 0.260 e. The van der Waals surface area contributed by atoms with Gasteiger partial charge in [-0.05, 0) is 37.0 Å². The number of carbonyl (C=O) groups is 2. The highest BCUT2D eigenvalue weighted by Crippen LogP contribution is 2.36. The van der Waals surface area contributed by atoms with Gasteiger partial charge in [-0.25, -0.2) is 0 Å². The Morgan fingerprint density at radius 3 is 2.87 bits per heavy atom. The van der Waals surface area contributed by atoms with Gasteiger partial charge in [-0.2, -0.15) is 0 Å². The number of benzene rings is 1. The topological polar surface area (TPSA) is 81.9 Å². The first-order valence-electron chi connectivity index (χ1n) is 7.65. The van der Waals surface area contributed by atoms with Crippen LogP contribution in [0, 0.1) is 5.92 Å². The predicted octanol–water partition coefficient (Wildman–Crippen LogP) is 1.46. The number of hydrogen-bond acceptors (Lipinski definition) is 4. The molecule has 1 aromatic rings. The minimum absolute atomic E-state index is 0.111. The van der Waals surface area contributed by atoms with E-state index in [1.165, 1.54) is 12.1 Å². The van der Waals surface area contributed by atoms with E-state index in [1.54, 1.807) is 6.07 Å². The summed E-state index contributed by atoms with van der Waals surface area (Å²) in [6.45, 7) is 1.55. The van der Waals surface area contributed by atoms with Gasteiger partial charge in [0.1, 0.15) is 5.75 Å². The molecule has 1 heterocycles. The summed E-state index contributed by atoms with van der Waals surface area (Å²) in [5.74, 6) is 0.0353. The van der Waals surface area contributed by atoms with Gasteiger partial charge < -0.3 is 20.1 Å². The smallest absolute Gasteiger partial charge is 0.260 e. The van der Waals surface area contributed by atoms with Crippen molar-refractivity contribution in [3.63, 3.8) is 0 Å². The molecule has 7 heteroatoms. The van der Waals surface area contributed by atoms with E-state index < -0.39 is 5.91 Å². The molecule has 1 saturated heterocycles. The number of morpholine rings is 1. The van der Waals surface area contributed by atoms with Gasteiger partial charge in [0.05, 0.1) is 24.8 Å². The fourth-order valence-corrected chi connectivity index (χ4v) is 3.01. The number of ether oxygens (including phenoxy) is 2. The zero-order chi connectivity index (χ0) is 16.4. The summed E-state index contributed by atoms with van der Waals surface area (Å²) in [7, 11) is 0. The quantitative estimate of drug-likeness (QED) is 0.881. The van der Waals surface area contributed by atoms with E-state index in [1.807, 2.05) is 4.90 Å². The number of rotatable bonds is 5. The lowest BCUT2D eigenvalue weighted by Crippen LogP contribution is -2.51. The van der Waals surface area contributed by atoms with Crippen LogP contribution >= 0.6 is 11.6 Å². The Morgan fingerprint density at radius 1 is 1.39 bits per heavy atom. The van der Waals surface area contributed by atoms with Gasteiger partial charge in [-0.15, -0.1) is 0 Å². The Kier molecular flexibility index (Phi) is 4.73. The Bertz CT molecular complexity index is 618. The zero-order valence-electron chi connectivity index (χ0n) is 12.7. The Labute approximate surface area is 139 Å². The van der Waals surface area contributed by atoms with Gasteiger partial charge in [0.15, 0.2) is 6.61 Å². The number of nitrogens with zero attached hydrogens (tertiary/aromatic N) is 1. The standard InChI is InChI=1S/C16H19ClN2O4/c17-11-3-4-12(16(18)21)14(7-11)23-9-15(20)19-5-6-22-8-13(19)10-1-2-10/h3-4,7,10,13H,1-2,5-6,8-9H2,(H2,18,21). The monoisotopic (exact) mass is 338 g/mol. The minimum atomic E-state index is -0.619. The Balaban J connectivity index is 1.66. The van der Waals surface area contributed by atoms with Gasteiger partial charge in [0.25, 0.3) is 11.8 Å². The molecule has 124 valence electrons. The van der Waals surface area contributed by atoms with Crippen LogP contribution in [-0.4, -0.2) is 49.1 Å². The predicted molar refractivity (Wildman–Crippen MR) is 84.5 cm³/mol. The van der Waals surface area contributed by atoms with Crippen molar-refractivity contribution in [1.82, 2.24) is 4.90 Å². The second-order valence-electron chi connectivity index (χ2n) is 5.86. The average Bonchev–Trinajstić information content (AvgIpc) is 3.37. The van der Waals surface area contributed by atoms with Crippen molar-refractivity contribution in [3.05, 3.63) is 28.8 Å². The highest BCUT2D eigenvalue weighted by atomic mass is 35.5. The Morgan fingerprint density at radius 2 is 2.17 bits per heavy atom. The summed E-state index contributed by atoms with van der Waals surface area (Å²) in [6.07, 6.45) is 2.28. The molecule has 0 radical (unpaired) electrons. The van der Waals surface area contributed by atoms with Crippen molar-refractivity contribution in [3.8, 4) is 5.75 Å². The lowest BCUT2D eigenvalue weighted by Gasteiger charge is -2.35. The molecule has 1 unspecified atom stereocenters. The summed E-state index contributed by atoms with van der Waals surface area (Å²) in [5.41, 5.74) is 5.52. The molecule has 0 aromatic heterocycles. The molecule has 2 aliphatic rings. The highest BCUT2D eigenvalue weighted by molar-refractivity contribution is 6.30. The van der Waals surface area contributed by atoms with Crippen LogP contribution in [0.25, 0.3) is 0 Å². The van der Waals surface area contributed by atoms with Crippen molar-refractivity contribution >= 4 is 23.4 Å². The largest absolute Gasteiger partial charge is 0.483 e. The van der Waals surface area contributed by atoms with Gasteiger partial charge >= 0.3 is 0 Å². The molecule has 23 heavy (non-hydrogen) atoms. The summed E-state index contributed by atoms with van der Waals surface area (Å²) in [5, 5.41) is 0.416. The zero-order valence-corrected chi connectivity index (χ0v) is 13.4. The maximum absolute atomic E-state index is 12.5. The molecule has 6 nitrogen and oxygen atoms in total. The normalized spacial score (nSPS) is 21.1. The summed E-state index contributed by atoms with van der Waals surface area (Å²) in [4.78, 5) is 25.7. The molecule has 1 aromatic carbocycles. The van der Waals surface area contributed by atoms with E-state index in [2.05, 4.69) is 0 Å². The lowest BCUT2D eigenvalue weighted by molar-refractivity contribution is -0.143. The number of amides is 2. The van der Waals surface area contributed by atoms with Crippen LogP contribution in [0.5, 0.6) is 5.75 Å². The highest BCUT2D eigenvalue weighted by Gasteiger charge is 2.39. The van der Waals surface area contributed by atoms with Gasteiger partial charge in [0.2, 0.25) is 0 Å². The first-order valence-corrected chi connectivity index (χ1v) is 8.03. The SMILES string of the molecule is NC(=O)c1ccc(Cl)cc1OCC(=O)N1CCOCC1C1CC1. The van der Waals surface area contributed by atoms with Crippen molar-refractivity contribution in [2.75, 3.05) is 26.4 Å². The lowest BCUT2D eigenvalue weighted by atomic mass is 10.1. The second kappa shape index (κ2) is 6.76. The van der Waals surface area contributed by atoms with Gasteiger partial charge in [0, 0.05) is 11.6 Å². The molecule has 2 fully saturated rings. The summed E-state index contributed by atoms with van der Waals surface area (Å²) in [6, 6.07) is 4.68. The molecule has 2 amide bonds. The average molecular weight is 339 g/mol. The van der Waals surface area contributed by atoms with Crippen LogP contribution in [0.3, 0.4) is 0 Å². The number of carbonyl (C=O) groups excluding carboxylic acids is 2. The molecule has 1 aliphatic carbocycles. The maximum atomic E-state index is 12.5. The second-order valence-corrected chi connectivity index (χ2v) is 6.30. The van der Waals surface area contributed by atoms with Crippen LogP contribution < -0.4 is 10.5 Å². The summed E-state index contributed by atoms with van der Waals surface area (Å²) < 4.78 is 11.0. The molecule has 3 rings (SSSR count). The van der Waals surface area contributed by atoms with Crippen molar-refractivity contribution in [1.29, 1.82) is 0 Å². The number of hydrogen-bond donors (Lipinski definition) is 1. The van der Waals surface area contributed by atoms with E-state index in [0.29, 0.717) is 30.7 Å². The van der Waals surface area contributed by atoms with Crippen LogP contribution in [-0.2, 0) is 9.53 Å². The molecule has 2 N–H and O–H groups in total. The molecular formula is C16H19ClN2O4. The fraction of sp³-hybridized carbons (Fsp3) is 0.500. The number of primary amides is 1. The molecule has 0 spiro atoms. The first kappa shape index (κ1) is 16.1. The van der Waals surface area contributed by atoms with Gasteiger partial charge in [-0.1, -0.05) is 11.6 Å². The molecule has 1 aliphatic heterocycles. The van der Waals surface area contributed by atoms with Crippen LogP contribution in [0.15, 0.2) is 18.2 Å². The third-order valence-electron chi connectivity index (χ3n) is 4.21. The van der Waals surface area contributed by atoms with Crippen molar-refractivity contribution < 1.29 is 19.1 Å². The minimum Gasteiger partial charge on any atom is -0.483 e. The third kappa shape index (κ3) is 3.76. The molecular weight excluding hydrogens is 320 g/mol. The molecule has 0 bridgehead atoms. The van der Waals surface area contributed by atoms with E-state index in [0.717, 1.165) is 12.8 Å². The van der Waals surface area contributed by atoms with Crippen molar-refractivity contribution in [2.24, 2.45) is 11.7 Å². The van der Waals surface area contributed by atoms with Gasteiger partial charge in [-0.3, -0.25) is 9.59 Å². The van der Waals surface area contributed by atoms with E-state index in [-0.39, 0.29) is 29.9 Å². The third-order valence-corrected chi connectivity index (χ3v) is 4.45. The van der Waals surface area contributed by atoms with E-state index in [4.69, 9.17) is 26.8 Å². The van der Waals surface area contributed by atoms with Crippen molar-refractivity contribution in [2.45, 2.75) is 18.9 Å².